The molecule has 0 radical (unpaired) electrons. The van der Waals surface area contributed by atoms with E-state index < -0.39 is 0 Å². The molecule has 0 aliphatic heterocycles. The summed E-state index contributed by atoms with van der Waals surface area (Å²) in [7, 11) is 0. The molecule has 0 bridgehead atoms. The second-order valence-electron chi connectivity index (χ2n) is 8.42. The number of hydrogen-bond acceptors (Lipinski definition) is 1. The highest BCUT2D eigenvalue weighted by atomic mass is 27.0. The van der Waals surface area contributed by atoms with Gasteiger partial charge in [-0.25, -0.2) is 0 Å². The molecule has 0 amide bonds. The molecule has 2 heteroatoms. The molecule has 1 N–H and O–H groups in total. The van der Waals surface area contributed by atoms with Crippen LogP contribution in [0.5, 0.6) is 0 Å². The molecule has 0 spiro atoms. The summed E-state index contributed by atoms with van der Waals surface area (Å²) in [5.74, 6) is 0. The standard InChI is InChI=1S/C24H50O.Al.3H/c1-4-7-10-13-16-19-22-24(25,21-18-15-12-9-6-3)23-20-17-14-11-8-5-2;;;;/h25H,4-23H2,1-3H3;;;;. The molecule has 0 aromatic rings. The van der Waals surface area contributed by atoms with E-state index in [2.05, 4.69) is 20.8 Å². The molecule has 0 aliphatic carbocycles. The van der Waals surface area contributed by atoms with E-state index in [0.29, 0.717) is 0 Å². The summed E-state index contributed by atoms with van der Waals surface area (Å²) in [5, 5.41) is 11.2. The van der Waals surface area contributed by atoms with Crippen LogP contribution in [0.25, 0.3) is 0 Å². The zero-order valence-corrected chi connectivity index (χ0v) is 18.1. The molecule has 0 fully saturated rings. The van der Waals surface area contributed by atoms with Crippen molar-refractivity contribution in [3.05, 3.63) is 0 Å². The molecular weight excluding hydrogens is 331 g/mol. The predicted molar refractivity (Wildman–Crippen MR) is 124 cm³/mol. The lowest BCUT2D eigenvalue weighted by atomic mass is 9.85. The molecule has 158 valence electrons. The summed E-state index contributed by atoms with van der Waals surface area (Å²) in [6.07, 6.45) is 25.6. The van der Waals surface area contributed by atoms with Crippen molar-refractivity contribution in [1.29, 1.82) is 0 Å². The Bertz CT molecular complexity index is 239. The van der Waals surface area contributed by atoms with E-state index in [1.807, 2.05) is 0 Å². The Hall–Kier alpha value is 0.492. The van der Waals surface area contributed by atoms with Crippen LogP contribution in [0.15, 0.2) is 0 Å². The molecular formula is C24H53AlO. The number of aliphatic hydroxyl groups is 1. The van der Waals surface area contributed by atoms with Crippen LogP contribution in [0.1, 0.15) is 149 Å². The van der Waals surface area contributed by atoms with Gasteiger partial charge in [-0.1, -0.05) is 130 Å². The Morgan fingerprint density at radius 2 is 0.654 bits per heavy atom. The van der Waals surface area contributed by atoms with Crippen LogP contribution in [-0.4, -0.2) is 28.1 Å². The van der Waals surface area contributed by atoms with Crippen LogP contribution in [0.2, 0.25) is 0 Å². The molecule has 0 unspecified atom stereocenters. The highest BCUT2D eigenvalue weighted by Gasteiger charge is 2.25. The van der Waals surface area contributed by atoms with E-state index in [1.165, 1.54) is 109 Å². The Morgan fingerprint density at radius 3 is 0.923 bits per heavy atom. The Balaban J connectivity index is 0. The number of rotatable bonds is 20. The second-order valence-corrected chi connectivity index (χ2v) is 8.42. The van der Waals surface area contributed by atoms with Crippen molar-refractivity contribution in [2.24, 2.45) is 0 Å². The molecule has 26 heavy (non-hydrogen) atoms. The summed E-state index contributed by atoms with van der Waals surface area (Å²) in [5.41, 5.74) is -0.359. The normalized spacial score (nSPS) is 11.5. The van der Waals surface area contributed by atoms with E-state index in [4.69, 9.17) is 0 Å². The fraction of sp³-hybridized carbons (Fsp3) is 1.00. The minimum absolute atomic E-state index is 0. The monoisotopic (exact) mass is 384 g/mol. The van der Waals surface area contributed by atoms with E-state index in [0.717, 1.165) is 19.3 Å². The number of hydrogen-bond donors (Lipinski definition) is 1. The molecule has 0 saturated heterocycles. The summed E-state index contributed by atoms with van der Waals surface area (Å²) in [6, 6.07) is 0. The lowest BCUT2D eigenvalue weighted by Crippen LogP contribution is -2.28. The molecule has 0 aromatic carbocycles. The molecule has 0 atom stereocenters. The third-order valence-corrected chi connectivity index (χ3v) is 5.74. The lowest BCUT2D eigenvalue weighted by molar-refractivity contribution is 0.00705. The Labute approximate surface area is 177 Å². The van der Waals surface area contributed by atoms with Crippen LogP contribution >= 0.6 is 0 Å². The molecule has 0 aromatic heterocycles. The van der Waals surface area contributed by atoms with Gasteiger partial charge in [0.2, 0.25) is 0 Å². The zero-order valence-electron chi connectivity index (χ0n) is 18.1. The van der Waals surface area contributed by atoms with Gasteiger partial charge in [0, 0.05) is 0 Å². The third kappa shape index (κ3) is 19.3. The molecule has 0 aliphatic rings. The van der Waals surface area contributed by atoms with Crippen molar-refractivity contribution in [3.8, 4) is 0 Å². The van der Waals surface area contributed by atoms with Crippen LogP contribution in [0, 0.1) is 0 Å². The zero-order chi connectivity index (χ0) is 18.6. The van der Waals surface area contributed by atoms with Gasteiger partial charge in [-0.3, -0.25) is 0 Å². The lowest BCUT2D eigenvalue weighted by Gasteiger charge is -2.29. The van der Waals surface area contributed by atoms with E-state index in [9.17, 15) is 5.11 Å². The van der Waals surface area contributed by atoms with Crippen molar-refractivity contribution in [2.45, 2.75) is 155 Å². The van der Waals surface area contributed by atoms with Gasteiger partial charge in [0.15, 0.2) is 17.4 Å². The van der Waals surface area contributed by atoms with Crippen molar-refractivity contribution in [1.82, 2.24) is 0 Å². The van der Waals surface area contributed by atoms with Crippen LogP contribution in [0.4, 0.5) is 0 Å². The summed E-state index contributed by atoms with van der Waals surface area (Å²) in [6.45, 7) is 6.82. The maximum atomic E-state index is 11.2. The van der Waals surface area contributed by atoms with Crippen molar-refractivity contribution >= 4 is 17.4 Å². The first-order valence-electron chi connectivity index (χ1n) is 11.9. The highest BCUT2D eigenvalue weighted by Crippen LogP contribution is 2.29. The van der Waals surface area contributed by atoms with Gasteiger partial charge in [0.25, 0.3) is 0 Å². The molecule has 0 rings (SSSR count). The fourth-order valence-corrected chi connectivity index (χ4v) is 3.90. The predicted octanol–water partition coefficient (Wildman–Crippen LogP) is 7.40. The van der Waals surface area contributed by atoms with E-state index >= 15 is 0 Å². The average Bonchev–Trinajstić information content (AvgIpc) is 2.61. The minimum atomic E-state index is -0.359. The first-order chi connectivity index (χ1) is 12.2. The fourth-order valence-electron chi connectivity index (χ4n) is 3.90. The largest absolute Gasteiger partial charge is 0.390 e. The average molecular weight is 385 g/mol. The van der Waals surface area contributed by atoms with Crippen LogP contribution in [0.3, 0.4) is 0 Å². The molecule has 1 nitrogen and oxygen atoms in total. The van der Waals surface area contributed by atoms with Crippen LogP contribution < -0.4 is 0 Å². The summed E-state index contributed by atoms with van der Waals surface area (Å²) >= 11 is 0. The smallest absolute Gasteiger partial charge is 0.187 e. The molecule has 0 saturated carbocycles. The van der Waals surface area contributed by atoms with Crippen molar-refractivity contribution < 1.29 is 5.11 Å². The Kier molecular flexibility index (Phi) is 24.1. The SMILES string of the molecule is CCCCCCCCC(O)(CCCCCCC)CCCCCCCC.[AlH3]. The van der Waals surface area contributed by atoms with Gasteiger partial charge >= 0.3 is 0 Å². The number of unbranched alkanes of at least 4 members (excludes halogenated alkanes) is 14. The van der Waals surface area contributed by atoms with Gasteiger partial charge in [0.1, 0.15) is 0 Å². The highest BCUT2D eigenvalue weighted by molar-refractivity contribution is 5.75. The maximum Gasteiger partial charge on any atom is 0.187 e. The van der Waals surface area contributed by atoms with Gasteiger partial charge < -0.3 is 5.11 Å². The van der Waals surface area contributed by atoms with Gasteiger partial charge in [-0.2, -0.15) is 0 Å². The second kappa shape index (κ2) is 21.8. The van der Waals surface area contributed by atoms with Gasteiger partial charge in [0.05, 0.1) is 5.60 Å². The minimum Gasteiger partial charge on any atom is -0.390 e. The van der Waals surface area contributed by atoms with Crippen molar-refractivity contribution in [2.75, 3.05) is 0 Å². The summed E-state index contributed by atoms with van der Waals surface area (Å²) < 4.78 is 0. The Morgan fingerprint density at radius 1 is 0.423 bits per heavy atom. The maximum absolute atomic E-state index is 11.2. The topological polar surface area (TPSA) is 20.2 Å². The third-order valence-electron chi connectivity index (χ3n) is 5.74. The van der Waals surface area contributed by atoms with Gasteiger partial charge in [-0.05, 0) is 19.3 Å². The van der Waals surface area contributed by atoms with Crippen molar-refractivity contribution in [3.63, 3.8) is 0 Å². The van der Waals surface area contributed by atoms with Crippen LogP contribution in [-0.2, 0) is 0 Å². The van der Waals surface area contributed by atoms with E-state index in [-0.39, 0.29) is 23.0 Å². The first-order valence-corrected chi connectivity index (χ1v) is 11.9. The first kappa shape index (κ1) is 28.7. The summed E-state index contributed by atoms with van der Waals surface area (Å²) in [4.78, 5) is 0. The van der Waals surface area contributed by atoms with E-state index in [1.54, 1.807) is 0 Å². The molecule has 0 heterocycles. The quantitative estimate of drug-likeness (QED) is 0.171. The van der Waals surface area contributed by atoms with Gasteiger partial charge in [-0.15, -0.1) is 0 Å².